The van der Waals surface area contributed by atoms with Crippen molar-refractivity contribution in [1.82, 2.24) is 9.78 Å². The van der Waals surface area contributed by atoms with Gasteiger partial charge in [0.2, 0.25) is 0 Å². The highest BCUT2D eigenvalue weighted by molar-refractivity contribution is 6.00. The molecule has 0 atom stereocenters. The van der Waals surface area contributed by atoms with Crippen molar-refractivity contribution in [3.8, 4) is 11.8 Å². The van der Waals surface area contributed by atoms with Crippen LogP contribution in [0.15, 0.2) is 18.2 Å². The van der Waals surface area contributed by atoms with E-state index in [1.165, 1.54) is 11.1 Å². The number of Topliss-reactive ketones (excluding diaryl/α,β-unsaturated/α-hetero) is 1. The minimum atomic E-state index is -4.72. The zero-order valence-electron chi connectivity index (χ0n) is 17.6. The van der Waals surface area contributed by atoms with Crippen molar-refractivity contribution in [3.63, 3.8) is 0 Å². The van der Waals surface area contributed by atoms with Gasteiger partial charge in [0.05, 0.1) is 28.2 Å². The number of fused-ring (bicyclic) bond motifs is 1. The van der Waals surface area contributed by atoms with Crippen LogP contribution < -0.4 is 5.32 Å². The fourth-order valence-corrected chi connectivity index (χ4v) is 4.71. The van der Waals surface area contributed by atoms with E-state index in [0.717, 1.165) is 25.7 Å². The van der Waals surface area contributed by atoms with Crippen LogP contribution in [-0.4, -0.2) is 21.6 Å². The second-order valence-corrected chi connectivity index (χ2v) is 9.34. The second kappa shape index (κ2) is 7.70. The third-order valence-electron chi connectivity index (χ3n) is 6.15. The van der Waals surface area contributed by atoms with Crippen LogP contribution in [0.3, 0.4) is 0 Å². The van der Waals surface area contributed by atoms with Gasteiger partial charge in [-0.05, 0) is 42.9 Å². The van der Waals surface area contributed by atoms with Crippen LogP contribution in [0, 0.1) is 16.7 Å². The van der Waals surface area contributed by atoms with Gasteiger partial charge in [-0.25, -0.2) is 4.68 Å². The molecule has 1 aromatic carbocycles. The van der Waals surface area contributed by atoms with E-state index in [-0.39, 0.29) is 23.7 Å². The van der Waals surface area contributed by atoms with Crippen molar-refractivity contribution in [1.29, 1.82) is 5.26 Å². The third kappa shape index (κ3) is 4.18. The normalized spacial score (nSPS) is 19.0. The molecule has 0 unspecified atom stereocenters. The summed E-state index contributed by atoms with van der Waals surface area (Å²) in [6.45, 7) is 3.74. The van der Waals surface area contributed by atoms with Gasteiger partial charge in [-0.1, -0.05) is 33.1 Å². The lowest BCUT2D eigenvalue weighted by molar-refractivity contribution is -0.141. The lowest BCUT2D eigenvalue weighted by Gasteiger charge is -2.29. The first kappa shape index (κ1) is 21.4. The molecule has 1 N–H and O–H groups in total. The van der Waals surface area contributed by atoms with Crippen molar-refractivity contribution in [3.05, 3.63) is 40.7 Å². The number of ketones is 1. The van der Waals surface area contributed by atoms with Crippen LogP contribution in [-0.2, 0) is 12.6 Å². The molecule has 0 radical (unpaired) electrons. The van der Waals surface area contributed by atoms with Crippen molar-refractivity contribution in [2.45, 2.75) is 71.0 Å². The number of hydrogen-bond donors (Lipinski definition) is 1. The molecule has 8 heteroatoms. The first-order valence-electron chi connectivity index (χ1n) is 10.6. The molecule has 1 saturated carbocycles. The van der Waals surface area contributed by atoms with Crippen LogP contribution >= 0.6 is 0 Å². The molecule has 0 aliphatic heterocycles. The molecule has 2 aliphatic carbocycles. The molecule has 31 heavy (non-hydrogen) atoms. The minimum absolute atomic E-state index is 0.0522. The highest BCUT2D eigenvalue weighted by atomic mass is 19.4. The monoisotopic (exact) mass is 430 g/mol. The Bertz CT molecular complexity index is 1060. The van der Waals surface area contributed by atoms with Crippen LogP contribution in [0.25, 0.3) is 5.69 Å². The van der Waals surface area contributed by atoms with E-state index in [2.05, 4.69) is 16.5 Å². The van der Waals surface area contributed by atoms with Gasteiger partial charge in [-0.3, -0.25) is 4.79 Å². The average Bonchev–Trinajstić information content (AvgIpc) is 3.07. The van der Waals surface area contributed by atoms with Gasteiger partial charge in [0, 0.05) is 12.5 Å². The highest BCUT2D eigenvalue weighted by Gasteiger charge is 2.45. The van der Waals surface area contributed by atoms with Crippen molar-refractivity contribution >= 4 is 11.5 Å². The van der Waals surface area contributed by atoms with E-state index in [4.69, 9.17) is 0 Å². The summed E-state index contributed by atoms with van der Waals surface area (Å²) in [5.41, 5.74) is -0.196. The molecule has 5 nitrogen and oxygen atoms in total. The lowest BCUT2D eigenvalue weighted by Crippen LogP contribution is -2.29. The summed E-state index contributed by atoms with van der Waals surface area (Å²) in [6.07, 6.45) is 1.03. The maximum absolute atomic E-state index is 13.7. The van der Waals surface area contributed by atoms with Crippen LogP contribution in [0.1, 0.15) is 79.7 Å². The van der Waals surface area contributed by atoms with E-state index in [1.807, 2.05) is 13.8 Å². The molecule has 0 spiro atoms. The fourth-order valence-electron chi connectivity index (χ4n) is 4.71. The summed E-state index contributed by atoms with van der Waals surface area (Å²) >= 11 is 0. The summed E-state index contributed by atoms with van der Waals surface area (Å²) in [4.78, 5) is 12.6. The summed E-state index contributed by atoms with van der Waals surface area (Å²) in [5.74, 6) is -0.529. The maximum atomic E-state index is 13.7. The Morgan fingerprint density at radius 3 is 2.55 bits per heavy atom. The predicted molar refractivity (Wildman–Crippen MR) is 110 cm³/mol. The average molecular weight is 430 g/mol. The topological polar surface area (TPSA) is 70.7 Å². The summed E-state index contributed by atoms with van der Waals surface area (Å²) in [7, 11) is 0. The third-order valence-corrected chi connectivity index (χ3v) is 6.15. The molecule has 0 bridgehead atoms. The van der Waals surface area contributed by atoms with E-state index in [0.29, 0.717) is 23.4 Å². The molecule has 164 valence electrons. The number of aromatic nitrogens is 2. The maximum Gasteiger partial charge on any atom is 0.435 e. The van der Waals surface area contributed by atoms with Gasteiger partial charge in [0.1, 0.15) is 6.07 Å². The molecule has 4 rings (SSSR count). The summed E-state index contributed by atoms with van der Waals surface area (Å²) in [6, 6.07) is 7.24. The van der Waals surface area contributed by atoms with Gasteiger partial charge in [0.15, 0.2) is 11.5 Å². The van der Waals surface area contributed by atoms with Crippen molar-refractivity contribution < 1.29 is 18.0 Å². The van der Waals surface area contributed by atoms with Crippen molar-refractivity contribution in [2.75, 3.05) is 5.32 Å². The Labute approximate surface area is 179 Å². The summed E-state index contributed by atoms with van der Waals surface area (Å²) in [5, 5.41) is 16.8. The molecule has 2 aromatic rings. The Morgan fingerprint density at radius 2 is 1.90 bits per heavy atom. The van der Waals surface area contributed by atoms with E-state index in [9.17, 15) is 23.2 Å². The van der Waals surface area contributed by atoms with E-state index >= 15 is 0 Å². The fraction of sp³-hybridized carbons (Fsp3) is 0.522. The Balaban J connectivity index is 1.82. The molecule has 1 aromatic heterocycles. The van der Waals surface area contributed by atoms with Gasteiger partial charge >= 0.3 is 6.18 Å². The van der Waals surface area contributed by atoms with Crippen LogP contribution in [0.4, 0.5) is 18.9 Å². The molecular formula is C23H25F3N4O. The number of nitriles is 1. The Morgan fingerprint density at radius 1 is 1.19 bits per heavy atom. The zero-order chi connectivity index (χ0) is 22.4. The number of benzene rings is 1. The minimum Gasteiger partial charge on any atom is -0.381 e. The van der Waals surface area contributed by atoms with Crippen LogP contribution in [0.5, 0.6) is 0 Å². The number of hydrogen-bond acceptors (Lipinski definition) is 4. The number of alkyl halides is 3. The van der Waals surface area contributed by atoms with Gasteiger partial charge in [-0.2, -0.15) is 23.5 Å². The first-order valence-corrected chi connectivity index (χ1v) is 10.6. The highest BCUT2D eigenvalue weighted by Crippen LogP contribution is 2.42. The molecule has 2 aliphatic rings. The number of anilines is 1. The molecule has 1 fully saturated rings. The number of rotatable bonds is 3. The molecule has 0 saturated heterocycles. The molecule has 1 heterocycles. The van der Waals surface area contributed by atoms with E-state index in [1.54, 1.807) is 18.2 Å². The number of nitrogens with one attached hydrogen (secondary N) is 1. The predicted octanol–water partition coefficient (Wildman–Crippen LogP) is 5.66. The van der Waals surface area contributed by atoms with E-state index < -0.39 is 23.1 Å². The van der Waals surface area contributed by atoms with Crippen molar-refractivity contribution in [2.24, 2.45) is 5.41 Å². The smallest absolute Gasteiger partial charge is 0.381 e. The number of nitrogens with zero attached hydrogens (tertiary/aromatic N) is 3. The van der Waals surface area contributed by atoms with Gasteiger partial charge < -0.3 is 5.32 Å². The van der Waals surface area contributed by atoms with Gasteiger partial charge in [0.25, 0.3) is 0 Å². The Hall–Kier alpha value is -2.82. The number of halogens is 3. The lowest BCUT2D eigenvalue weighted by atomic mass is 9.75. The largest absolute Gasteiger partial charge is 0.435 e. The molecule has 0 amide bonds. The quantitative estimate of drug-likeness (QED) is 0.682. The number of carbonyl (C=O) groups is 1. The standard InChI is InChI=1S/C23H25F3N4O/c1-22(2)11-18-20(19(31)12-22)21(23(24,25)26)29-30(18)16-9-8-14(13-27)17(10-16)28-15-6-4-3-5-7-15/h8-10,15,28H,3-7,11-12H2,1-2H3. The second-order valence-electron chi connectivity index (χ2n) is 9.34. The Kier molecular flexibility index (Phi) is 5.32. The first-order chi connectivity index (χ1) is 14.6. The zero-order valence-corrected chi connectivity index (χ0v) is 17.6. The summed E-state index contributed by atoms with van der Waals surface area (Å²) < 4.78 is 42.3. The van der Waals surface area contributed by atoms with Gasteiger partial charge in [-0.15, -0.1) is 0 Å². The molecular weight excluding hydrogens is 405 g/mol. The SMILES string of the molecule is CC1(C)CC(=O)c2c(C(F)(F)F)nn(-c3ccc(C#N)c(NC4CCCCC4)c3)c2C1. The van der Waals surface area contributed by atoms with Crippen LogP contribution in [0.2, 0.25) is 0 Å². The number of carbonyl (C=O) groups excluding carboxylic acids is 1.